The Morgan fingerprint density at radius 3 is 2.87 bits per heavy atom. The molecule has 0 spiro atoms. The van der Waals surface area contributed by atoms with E-state index in [1.54, 1.807) is 18.2 Å². The molecule has 0 unspecified atom stereocenters. The van der Waals surface area contributed by atoms with Crippen LogP contribution >= 0.6 is 11.6 Å². The number of aliphatic hydroxyl groups is 1. The monoisotopic (exact) mass is 226 g/mol. The zero-order valence-corrected chi connectivity index (χ0v) is 8.27. The minimum absolute atomic E-state index is 0.136. The summed E-state index contributed by atoms with van der Waals surface area (Å²) in [4.78, 5) is 10.8. The van der Waals surface area contributed by atoms with Gasteiger partial charge in [0.1, 0.15) is 0 Å². The molecule has 15 heavy (non-hydrogen) atoms. The van der Waals surface area contributed by atoms with Crippen LogP contribution in [0.5, 0.6) is 0 Å². The normalized spacial score (nSPS) is 10.8. The minimum Gasteiger partial charge on any atom is -0.463 e. The van der Waals surface area contributed by atoms with Crippen molar-refractivity contribution in [3.63, 3.8) is 0 Å². The Labute approximate surface area is 89.5 Å². The van der Waals surface area contributed by atoms with Crippen molar-refractivity contribution in [1.82, 2.24) is 9.78 Å². The lowest BCUT2D eigenvalue weighted by Crippen LogP contribution is -2.09. The van der Waals surface area contributed by atoms with Gasteiger partial charge in [0.15, 0.2) is 5.15 Å². The van der Waals surface area contributed by atoms with Crippen LogP contribution in [0, 0.1) is 0 Å². The third-order valence-corrected chi connectivity index (χ3v) is 2.34. The third kappa shape index (κ3) is 1.55. The van der Waals surface area contributed by atoms with Crippen molar-refractivity contribution in [3.8, 4) is 0 Å². The van der Waals surface area contributed by atoms with E-state index in [9.17, 15) is 4.79 Å². The lowest BCUT2D eigenvalue weighted by molar-refractivity contribution is 0.194. The second-order valence-electron chi connectivity index (χ2n) is 2.99. The molecule has 0 bridgehead atoms. The topological polar surface area (TPSA) is 75.3 Å². The molecule has 6 heteroatoms. The van der Waals surface area contributed by atoms with Crippen LogP contribution in [0.1, 0.15) is 5.56 Å². The molecule has 2 N–H and O–H groups in total. The lowest BCUT2D eigenvalue weighted by Gasteiger charge is -1.98. The summed E-state index contributed by atoms with van der Waals surface area (Å²) < 4.78 is 0.789. The van der Waals surface area contributed by atoms with Gasteiger partial charge in [-0.2, -0.15) is 4.68 Å². The number of aliphatic hydroxyl groups excluding tert-OH is 1. The molecule has 0 saturated carbocycles. The average molecular weight is 227 g/mol. The Morgan fingerprint density at radius 2 is 2.27 bits per heavy atom. The van der Waals surface area contributed by atoms with E-state index in [2.05, 4.69) is 5.10 Å². The predicted octanol–water partition coefficient (Wildman–Crippen LogP) is 1.71. The van der Waals surface area contributed by atoms with E-state index in [1.807, 2.05) is 0 Å². The van der Waals surface area contributed by atoms with Gasteiger partial charge in [-0.15, -0.1) is 5.10 Å². The lowest BCUT2D eigenvalue weighted by atomic mass is 10.2. The van der Waals surface area contributed by atoms with Gasteiger partial charge in [-0.3, -0.25) is 0 Å². The standard InChI is InChI=1S/C9H7ClN2O3/c10-8-6-2-1-5(4-13)3-7(6)12(11-8)9(14)15/h1-3,13H,4H2,(H,14,15). The van der Waals surface area contributed by atoms with E-state index >= 15 is 0 Å². The number of carbonyl (C=O) groups is 1. The molecule has 5 nitrogen and oxygen atoms in total. The molecule has 0 fully saturated rings. The Hall–Kier alpha value is -1.59. The Balaban J connectivity index is 2.77. The van der Waals surface area contributed by atoms with Gasteiger partial charge in [0.2, 0.25) is 0 Å². The fourth-order valence-electron chi connectivity index (χ4n) is 1.37. The first-order chi connectivity index (χ1) is 7.13. The van der Waals surface area contributed by atoms with Crippen molar-refractivity contribution in [1.29, 1.82) is 0 Å². The fourth-order valence-corrected chi connectivity index (χ4v) is 1.60. The van der Waals surface area contributed by atoms with Crippen molar-refractivity contribution in [3.05, 3.63) is 28.9 Å². The number of benzene rings is 1. The van der Waals surface area contributed by atoms with Crippen molar-refractivity contribution < 1.29 is 15.0 Å². The molecular weight excluding hydrogens is 220 g/mol. The molecule has 0 saturated heterocycles. The highest BCUT2D eigenvalue weighted by molar-refractivity contribution is 6.34. The number of hydrogen-bond acceptors (Lipinski definition) is 3. The summed E-state index contributed by atoms with van der Waals surface area (Å²) in [5.74, 6) is 0. The maximum Gasteiger partial charge on any atom is 0.432 e. The summed E-state index contributed by atoms with van der Waals surface area (Å²) in [6, 6.07) is 4.85. The molecule has 78 valence electrons. The molecule has 0 atom stereocenters. The summed E-state index contributed by atoms with van der Waals surface area (Å²) in [7, 11) is 0. The van der Waals surface area contributed by atoms with E-state index in [1.165, 1.54) is 0 Å². The summed E-state index contributed by atoms with van der Waals surface area (Å²) in [5, 5.41) is 22.1. The van der Waals surface area contributed by atoms with E-state index in [0.29, 0.717) is 16.5 Å². The molecule has 0 amide bonds. The molecule has 1 heterocycles. The maximum atomic E-state index is 10.8. The van der Waals surface area contributed by atoms with Crippen molar-refractivity contribution in [2.24, 2.45) is 0 Å². The Bertz CT molecular complexity index is 535. The number of hydrogen-bond donors (Lipinski definition) is 2. The summed E-state index contributed by atoms with van der Waals surface area (Å²) in [5.41, 5.74) is 0.987. The van der Waals surface area contributed by atoms with E-state index in [4.69, 9.17) is 21.8 Å². The number of rotatable bonds is 1. The van der Waals surface area contributed by atoms with Crippen molar-refractivity contribution in [2.45, 2.75) is 6.61 Å². The molecule has 0 aliphatic rings. The average Bonchev–Trinajstić information content (AvgIpc) is 2.56. The third-order valence-electron chi connectivity index (χ3n) is 2.06. The highest BCUT2D eigenvalue weighted by Crippen LogP contribution is 2.23. The first kappa shape index (κ1) is 9.95. The number of aromatic nitrogens is 2. The van der Waals surface area contributed by atoms with Crippen LogP contribution in [0.15, 0.2) is 18.2 Å². The first-order valence-corrected chi connectivity index (χ1v) is 4.52. The van der Waals surface area contributed by atoms with Crippen molar-refractivity contribution in [2.75, 3.05) is 0 Å². The zero-order chi connectivity index (χ0) is 11.0. The Morgan fingerprint density at radius 1 is 1.53 bits per heavy atom. The van der Waals surface area contributed by atoms with Crippen LogP contribution in [-0.2, 0) is 6.61 Å². The molecule has 0 radical (unpaired) electrons. The van der Waals surface area contributed by atoms with E-state index < -0.39 is 6.09 Å². The highest BCUT2D eigenvalue weighted by Gasteiger charge is 2.13. The molecular formula is C9H7ClN2O3. The van der Waals surface area contributed by atoms with Crippen LogP contribution in [-0.4, -0.2) is 26.1 Å². The molecule has 2 rings (SSSR count). The van der Waals surface area contributed by atoms with Gasteiger partial charge < -0.3 is 10.2 Å². The van der Waals surface area contributed by atoms with Gasteiger partial charge in [0.25, 0.3) is 0 Å². The van der Waals surface area contributed by atoms with Gasteiger partial charge in [-0.25, -0.2) is 4.79 Å². The molecule has 1 aromatic heterocycles. The molecule has 2 aromatic rings. The SMILES string of the molecule is O=C(O)n1nc(Cl)c2ccc(CO)cc21. The minimum atomic E-state index is -1.21. The second-order valence-corrected chi connectivity index (χ2v) is 3.35. The number of fused-ring (bicyclic) bond motifs is 1. The predicted molar refractivity (Wildman–Crippen MR) is 54.1 cm³/mol. The summed E-state index contributed by atoms with van der Waals surface area (Å²) in [6.45, 7) is -0.154. The van der Waals surface area contributed by atoms with Gasteiger partial charge in [-0.05, 0) is 17.7 Å². The van der Waals surface area contributed by atoms with Gasteiger partial charge >= 0.3 is 6.09 Å². The van der Waals surface area contributed by atoms with Gasteiger partial charge in [-0.1, -0.05) is 17.7 Å². The van der Waals surface area contributed by atoms with Crippen LogP contribution < -0.4 is 0 Å². The van der Waals surface area contributed by atoms with Crippen LogP contribution in [0.4, 0.5) is 4.79 Å². The largest absolute Gasteiger partial charge is 0.463 e. The van der Waals surface area contributed by atoms with Crippen LogP contribution in [0.3, 0.4) is 0 Å². The van der Waals surface area contributed by atoms with Gasteiger partial charge in [0, 0.05) is 5.39 Å². The smallest absolute Gasteiger partial charge is 0.432 e. The van der Waals surface area contributed by atoms with Crippen molar-refractivity contribution >= 4 is 28.6 Å². The zero-order valence-electron chi connectivity index (χ0n) is 7.51. The first-order valence-electron chi connectivity index (χ1n) is 4.15. The molecule has 0 aliphatic carbocycles. The molecule has 1 aromatic carbocycles. The number of halogens is 1. The summed E-state index contributed by atoms with van der Waals surface area (Å²) >= 11 is 5.76. The fraction of sp³-hybridized carbons (Fsp3) is 0.111. The van der Waals surface area contributed by atoms with Crippen LogP contribution in [0.25, 0.3) is 10.9 Å². The molecule has 0 aliphatic heterocycles. The Kier molecular flexibility index (Phi) is 2.34. The second kappa shape index (κ2) is 3.52. The number of carboxylic acid groups (broad SMARTS) is 1. The number of nitrogens with zero attached hydrogens (tertiary/aromatic N) is 2. The van der Waals surface area contributed by atoms with Gasteiger partial charge in [0.05, 0.1) is 12.1 Å². The maximum absolute atomic E-state index is 10.8. The van der Waals surface area contributed by atoms with E-state index in [0.717, 1.165) is 4.68 Å². The highest BCUT2D eigenvalue weighted by atomic mass is 35.5. The van der Waals surface area contributed by atoms with E-state index in [-0.39, 0.29) is 11.8 Å². The van der Waals surface area contributed by atoms with Crippen LogP contribution in [0.2, 0.25) is 5.15 Å². The quantitative estimate of drug-likeness (QED) is 0.776. The summed E-state index contributed by atoms with van der Waals surface area (Å²) in [6.07, 6.45) is -1.21.